The molecule has 6 heteroatoms. The van der Waals surface area contributed by atoms with E-state index in [-0.39, 0.29) is 18.5 Å². The molecule has 0 fully saturated rings. The lowest BCUT2D eigenvalue weighted by atomic mass is 10.1. The summed E-state index contributed by atoms with van der Waals surface area (Å²) in [4.78, 5) is 11.6. The first-order valence-corrected chi connectivity index (χ1v) is 7.66. The fourth-order valence-corrected chi connectivity index (χ4v) is 2.18. The van der Waals surface area contributed by atoms with Crippen LogP contribution in [-0.4, -0.2) is 25.7 Å². The van der Waals surface area contributed by atoms with E-state index in [0.717, 1.165) is 5.56 Å². The number of hydrogen-bond donors (Lipinski definition) is 2. The Hall–Kier alpha value is -2.27. The maximum absolute atomic E-state index is 12.9. The van der Waals surface area contributed by atoms with Gasteiger partial charge in [-0.1, -0.05) is 29.8 Å². The van der Waals surface area contributed by atoms with Crippen LogP contribution >= 0.6 is 11.6 Å². The molecule has 0 radical (unpaired) electrons. The van der Waals surface area contributed by atoms with Crippen molar-refractivity contribution < 1.29 is 13.9 Å². The molecule has 0 saturated carbocycles. The van der Waals surface area contributed by atoms with Crippen molar-refractivity contribution in [1.82, 2.24) is 10.6 Å². The van der Waals surface area contributed by atoms with Gasteiger partial charge in [-0.25, -0.2) is 9.18 Å². The summed E-state index contributed by atoms with van der Waals surface area (Å²) in [6, 6.07) is 13.1. The Morgan fingerprint density at radius 3 is 2.65 bits per heavy atom. The summed E-state index contributed by atoms with van der Waals surface area (Å²) in [5.74, 6) is 0.0855. The van der Waals surface area contributed by atoms with Crippen LogP contribution in [0.25, 0.3) is 0 Å². The molecule has 0 heterocycles. The lowest BCUT2D eigenvalue weighted by Crippen LogP contribution is -2.38. The zero-order valence-corrected chi connectivity index (χ0v) is 13.3. The monoisotopic (exact) mass is 336 g/mol. The molecule has 0 unspecified atom stereocenters. The molecule has 0 atom stereocenters. The maximum Gasteiger partial charge on any atom is 0.314 e. The number of carbonyl (C=O) groups excluding carboxylic acids is 1. The van der Waals surface area contributed by atoms with Crippen LogP contribution < -0.4 is 15.4 Å². The molecule has 2 N–H and O–H groups in total. The van der Waals surface area contributed by atoms with Crippen molar-refractivity contribution in [2.24, 2.45) is 0 Å². The molecule has 2 aromatic carbocycles. The Bertz CT molecular complexity index is 652. The molecule has 0 saturated heterocycles. The molecule has 2 amide bonds. The van der Waals surface area contributed by atoms with E-state index in [1.54, 1.807) is 12.1 Å². The molecule has 2 aromatic rings. The minimum absolute atomic E-state index is 0.269. The van der Waals surface area contributed by atoms with Crippen LogP contribution in [0.1, 0.15) is 5.56 Å². The Morgan fingerprint density at radius 2 is 1.87 bits per heavy atom. The van der Waals surface area contributed by atoms with Crippen molar-refractivity contribution in [2.75, 3.05) is 19.7 Å². The first-order chi connectivity index (χ1) is 11.1. The van der Waals surface area contributed by atoms with E-state index < -0.39 is 0 Å². The summed E-state index contributed by atoms with van der Waals surface area (Å²) >= 11 is 5.89. The van der Waals surface area contributed by atoms with Crippen molar-refractivity contribution >= 4 is 17.6 Å². The minimum Gasteiger partial charge on any atom is -0.492 e. The molecule has 0 aliphatic rings. The van der Waals surface area contributed by atoms with E-state index in [4.69, 9.17) is 16.3 Å². The van der Waals surface area contributed by atoms with E-state index in [2.05, 4.69) is 10.6 Å². The second kappa shape index (κ2) is 9.00. The van der Waals surface area contributed by atoms with Crippen LogP contribution in [0.2, 0.25) is 5.02 Å². The fraction of sp³-hybridized carbons (Fsp3) is 0.235. The number of nitrogens with one attached hydrogen (secondary N) is 2. The first-order valence-electron chi connectivity index (χ1n) is 7.28. The zero-order valence-electron chi connectivity index (χ0n) is 12.5. The highest BCUT2D eigenvalue weighted by Crippen LogP contribution is 2.11. The third-order valence-corrected chi connectivity index (χ3v) is 3.28. The summed E-state index contributed by atoms with van der Waals surface area (Å²) in [7, 11) is 0. The van der Waals surface area contributed by atoms with Gasteiger partial charge >= 0.3 is 6.03 Å². The van der Waals surface area contributed by atoms with E-state index in [1.165, 1.54) is 12.1 Å². The van der Waals surface area contributed by atoms with Gasteiger partial charge in [-0.15, -0.1) is 0 Å². The smallest absolute Gasteiger partial charge is 0.314 e. The second-order valence-electron chi connectivity index (χ2n) is 4.87. The Kier molecular flexibility index (Phi) is 6.69. The highest BCUT2D eigenvalue weighted by atomic mass is 35.5. The van der Waals surface area contributed by atoms with Crippen LogP contribution in [0.4, 0.5) is 9.18 Å². The van der Waals surface area contributed by atoms with E-state index >= 15 is 0 Å². The normalized spacial score (nSPS) is 10.2. The summed E-state index contributed by atoms with van der Waals surface area (Å²) in [5.41, 5.74) is 1.06. The van der Waals surface area contributed by atoms with Gasteiger partial charge in [0.25, 0.3) is 0 Å². The summed E-state index contributed by atoms with van der Waals surface area (Å²) < 4.78 is 18.3. The quantitative estimate of drug-likeness (QED) is 0.761. The number of ether oxygens (including phenoxy) is 1. The zero-order chi connectivity index (χ0) is 16.5. The number of benzene rings is 2. The van der Waals surface area contributed by atoms with Gasteiger partial charge in [-0.05, 0) is 36.2 Å². The van der Waals surface area contributed by atoms with Crippen molar-refractivity contribution in [3.05, 3.63) is 64.9 Å². The van der Waals surface area contributed by atoms with Crippen molar-refractivity contribution in [3.8, 4) is 5.75 Å². The lowest BCUT2D eigenvalue weighted by molar-refractivity contribution is 0.236. The average Bonchev–Trinajstić information content (AvgIpc) is 2.52. The lowest BCUT2D eigenvalue weighted by Gasteiger charge is -2.09. The van der Waals surface area contributed by atoms with Gasteiger partial charge in [0.2, 0.25) is 0 Å². The van der Waals surface area contributed by atoms with Gasteiger partial charge in [0.1, 0.15) is 18.2 Å². The van der Waals surface area contributed by atoms with E-state index in [1.807, 2.05) is 24.3 Å². The molecular formula is C17H18ClFN2O2. The first kappa shape index (κ1) is 17.1. The Balaban J connectivity index is 1.58. The molecule has 0 aliphatic carbocycles. The van der Waals surface area contributed by atoms with Gasteiger partial charge in [-0.2, -0.15) is 0 Å². The third-order valence-electron chi connectivity index (χ3n) is 3.04. The maximum atomic E-state index is 12.9. The molecule has 2 rings (SSSR count). The van der Waals surface area contributed by atoms with Crippen molar-refractivity contribution in [3.63, 3.8) is 0 Å². The molecule has 0 bridgehead atoms. The minimum atomic E-state index is -0.353. The number of urea groups is 1. The Labute approximate surface area is 139 Å². The van der Waals surface area contributed by atoms with Crippen molar-refractivity contribution in [1.29, 1.82) is 0 Å². The van der Waals surface area contributed by atoms with Crippen LogP contribution in [-0.2, 0) is 6.42 Å². The number of amides is 2. The standard InChI is InChI=1S/C17H18ClFN2O2/c18-14-4-1-3-13(11-14)7-8-20-17(22)21-9-10-23-16-6-2-5-15(19)12-16/h1-6,11-12H,7-10H2,(H2,20,21,22). The molecule has 0 spiro atoms. The molecule has 0 aliphatic heterocycles. The number of carbonyl (C=O) groups is 1. The third kappa shape index (κ3) is 6.57. The number of rotatable bonds is 7. The van der Waals surface area contributed by atoms with Gasteiger partial charge in [0.15, 0.2) is 0 Å². The molecule has 4 nitrogen and oxygen atoms in total. The van der Waals surface area contributed by atoms with Crippen molar-refractivity contribution in [2.45, 2.75) is 6.42 Å². The van der Waals surface area contributed by atoms with Crippen LogP contribution in [0.5, 0.6) is 5.75 Å². The van der Waals surface area contributed by atoms with E-state index in [0.29, 0.717) is 30.3 Å². The predicted octanol–water partition coefficient (Wildman–Crippen LogP) is 3.40. The molecule has 23 heavy (non-hydrogen) atoms. The van der Waals surface area contributed by atoms with Gasteiger partial charge < -0.3 is 15.4 Å². The molecule has 0 aromatic heterocycles. The SMILES string of the molecule is O=C(NCCOc1cccc(F)c1)NCCc1cccc(Cl)c1. The van der Waals surface area contributed by atoms with Crippen LogP contribution in [0.3, 0.4) is 0 Å². The average molecular weight is 337 g/mol. The van der Waals surface area contributed by atoms with Gasteiger partial charge in [0.05, 0.1) is 6.54 Å². The highest BCUT2D eigenvalue weighted by Gasteiger charge is 2.01. The van der Waals surface area contributed by atoms with E-state index in [9.17, 15) is 9.18 Å². The second-order valence-corrected chi connectivity index (χ2v) is 5.30. The molecular weight excluding hydrogens is 319 g/mol. The van der Waals surface area contributed by atoms with Gasteiger partial charge in [-0.3, -0.25) is 0 Å². The fourth-order valence-electron chi connectivity index (χ4n) is 1.97. The topological polar surface area (TPSA) is 50.4 Å². The van der Waals surface area contributed by atoms with Crippen LogP contribution in [0, 0.1) is 5.82 Å². The largest absolute Gasteiger partial charge is 0.492 e. The Morgan fingerprint density at radius 1 is 1.09 bits per heavy atom. The summed E-state index contributed by atoms with van der Waals surface area (Å²) in [6.45, 7) is 1.11. The number of halogens is 2. The molecule has 122 valence electrons. The predicted molar refractivity (Wildman–Crippen MR) is 88.5 cm³/mol. The van der Waals surface area contributed by atoms with Gasteiger partial charge in [0, 0.05) is 17.6 Å². The van der Waals surface area contributed by atoms with Crippen LogP contribution in [0.15, 0.2) is 48.5 Å². The summed E-state index contributed by atoms with van der Waals surface area (Å²) in [5, 5.41) is 6.10. The number of hydrogen-bond acceptors (Lipinski definition) is 2. The summed E-state index contributed by atoms with van der Waals surface area (Å²) in [6.07, 6.45) is 0.702. The highest BCUT2D eigenvalue weighted by molar-refractivity contribution is 6.30.